The SMILES string of the molecule is CCNc1ccccc1S(=O)(=O)N1CCC(C(C)C)CC1. The second-order valence-electron chi connectivity index (χ2n) is 6.01. The first-order chi connectivity index (χ1) is 9.96. The van der Waals surface area contributed by atoms with Crippen molar-refractivity contribution in [2.75, 3.05) is 25.0 Å². The summed E-state index contributed by atoms with van der Waals surface area (Å²) in [6.07, 6.45) is 1.92. The highest BCUT2D eigenvalue weighted by Crippen LogP contribution is 2.30. The Morgan fingerprint density at radius 1 is 1.24 bits per heavy atom. The summed E-state index contributed by atoms with van der Waals surface area (Å²) in [6, 6.07) is 7.18. The number of anilines is 1. The maximum Gasteiger partial charge on any atom is 0.245 e. The van der Waals surface area contributed by atoms with Crippen molar-refractivity contribution in [3.8, 4) is 0 Å². The molecule has 5 heteroatoms. The number of nitrogens with one attached hydrogen (secondary N) is 1. The van der Waals surface area contributed by atoms with E-state index >= 15 is 0 Å². The van der Waals surface area contributed by atoms with Crippen LogP contribution in [-0.2, 0) is 10.0 Å². The van der Waals surface area contributed by atoms with E-state index in [0.717, 1.165) is 12.8 Å². The largest absolute Gasteiger partial charge is 0.384 e. The summed E-state index contributed by atoms with van der Waals surface area (Å²) in [5.41, 5.74) is 0.700. The number of benzene rings is 1. The van der Waals surface area contributed by atoms with E-state index in [4.69, 9.17) is 0 Å². The first kappa shape index (κ1) is 16.3. The van der Waals surface area contributed by atoms with Crippen molar-refractivity contribution in [2.24, 2.45) is 11.8 Å². The second kappa shape index (κ2) is 6.79. The highest BCUT2D eigenvalue weighted by Gasteiger charge is 2.31. The van der Waals surface area contributed by atoms with E-state index in [9.17, 15) is 8.42 Å². The molecule has 118 valence electrons. The van der Waals surface area contributed by atoms with Gasteiger partial charge in [0.1, 0.15) is 4.90 Å². The molecule has 21 heavy (non-hydrogen) atoms. The summed E-state index contributed by atoms with van der Waals surface area (Å²) in [7, 11) is -3.39. The summed E-state index contributed by atoms with van der Waals surface area (Å²) >= 11 is 0. The summed E-state index contributed by atoms with van der Waals surface area (Å²) in [6.45, 7) is 8.38. The van der Waals surface area contributed by atoms with Gasteiger partial charge in [-0.05, 0) is 43.7 Å². The van der Waals surface area contributed by atoms with Crippen LogP contribution in [0.3, 0.4) is 0 Å². The Balaban J connectivity index is 2.20. The van der Waals surface area contributed by atoms with Crippen LogP contribution in [0.5, 0.6) is 0 Å². The van der Waals surface area contributed by atoms with Crippen molar-refractivity contribution in [3.63, 3.8) is 0 Å². The van der Waals surface area contributed by atoms with Gasteiger partial charge in [-0.3, -0.25) is 0 Å². The molecule has 0 radical (unpaired) electrons. The van der Waals surface area contributed by atoms with Gasteiger partial charge in [-0.2, -0.15) is 4.31 Å². The average Bonchev–Trinajstić information content (AvgIpc) is 2.48. The molecule has 1 aromatic carbocycles. The van der Waals surface area contributed by atoms with Gasteiger partial charge < -0.3 is 5.32 Å². The molecule has 1 N–H and O–H groups in total. The molecule has 0 unspecified atom stereocenters. The van der Waals surface area contributed by atoms with Crippen molar-refractivity contribution in [1.82, 2.24) is 4.31 Å². The zero-order valence-electron chi connectivity index (χ0n) is 13.2. The molecule has 0 aromatic heterocycles. The number of hydrogen-bond donors (Lipinski definition) is 1. The predicted octanol–water partition coefficient (Wildman–Crippen LogP) is 3.18. The minimum atomic E-state index is -3.39. The molecule has 0 bridgehead atoms. The molecule has 1 fully saturated rings. The van der Waals surface area contributed by atoms with E-state index in [1.807, 2.05) is 19.1 Å². The minimum Gasteiger partial charge on any atom is -0.384 e. The second-order valence-corrected chi connectivity index (χ2v) is 7.92. The molecule has 0 amide bonds. The third kappa shape index (κ3) is 3.58. The predicted molar refractivity (Wildman–Crippen MR) is 86.9 cm³/mol. The standard InChI is InChI=1S/C16H26N2O2S/c1-4-17-15-7-5-6-8-16(15)21(19,20)18-11-9-14(10-12-18)13(2)3/h5-8,13-14,17H,4,9-12H2,1-3H3. The molecule has 1 aromatic rings. The molecule has 1 heterocycles. The van der Waals surface area contributed by atoms with Crippen molar-refractivity contribution < 1.29 is 8.42 Å². The van der Waals surface area contributed by atoms with E-state index < -0.39 is 10.0 Å². The number of rotatable bonds is 5. The summed E-state index contributed by atoms with van der Waals surface area (Å²) in [5, 5.41) is 3.14. The Kier molecular flexibility index (Phi) is 5.27. The van der Waals surface area contributed by atoms with Crippen LogP contribution >= 0.6 is 0 Å². The quantitative estimate of drug-likeness (QED) is 0.909. The van der Waals surface area contributed by atoms with E-state index in [0.29, 0.717) is 42.1 Å². The van der Waals surface area contributed by atoms with Gasteiger partial charge in [0, 0.05) is 19.6 Å². The van der Waals surface area contributed by atoms with Gasteiger partial charge in [0.15, 0.2) is 0 Å². The topological polar surface area (TPSA) is 49.4 Å². The Hall–Kier alpha value is -1.07. The molecule has 2 rings (SSSR count). The molecular weight excluding hydrogens is 284 g/mol. The van der Waals surface area contributed by atoms with Gasteiger partial charge in [-0.1, -0.05) is 26.0 Å². The Labute approximate surface area is 128 Å². The van der Waals surface area contributed by atoms with Gasteiger partial charge in [0.2, 0.25) is 10.0 Å². The number of hydrogen-bond acceptors (Lipinski definition) is 3. The molecule has 0 spiro atoms. The lowest BCUT2D eigenvalue weighted by Gasteiger charge is -2.33. The third-order valence-corrected chi connectivity index (χ3v) is 6.27. The lowest BCUT2D eigenvalue weighted by atomic mass is 9.87. The van der Waals surface area contributed by atoms with Crippen molar-refractivity contribution in [3.05, 3.63) is 24.3 Å². The van der Waals surface area contributed by atoms with Gasteiger partial charge in [0.25, 0.3) is 0 Å². The lowest BCUT2D eigenvalue weighted by Crippen LogP contribution is -2.39. The summed E-state index contributed by atoms with van der Waals surface area (Å²) in [4.78, 5) is 0.398. The van der Waals surface area contributed by atoms with Crippen LogP contribution in [0.4, 0.5) is 5.69 Å². The number of piperidine rings is 1. The fourth-order valence-electron chi connectivity index (χ4n) is 2.95. The van der Waals surface area contributed by atoms with Crippen molar-refractivity contribution >= 4 is 15.7 Å². The highest BCUT2D eigenvalue weighted by molar-refractivity contribution is 7.89. The molecule has 0 aliphatic carbocycles. The molecule has 1 saturated heterocycles. The first-order valence-electron chi connectivity index (χ1n) is 7.80. The molecule has 4 nitrogen and oxygen atoms in total. The number of nitrogens with zero attached hydrogens (tertiary/aromatic N) is 1. The van der Waals surface area contributed by atoms with Crippen LogP contribution in [0.25, 0.3) is 0 Å². The van der Waals surface area contributed by atoms with Crippen LogP contribution < -0.4 is 5.32 Å². The Bertz CT molecular complexity index is 561. The smallest absolute Gasteiger partial charge is 0.245 e. The molecule has 0 atom stereocenters. The number of sulfonamides is 1. The van der Waals surface area contributed by atoms with Crippen LogP contribution in [-0.4, -0.2) is 32.4 Å². The molecular formula is C16H26N2O2S. The fraction of sp³-hybridized carbons (Fsp3) is 0.625. The van der Waals surface area contributed by atoms with Crippen molar-refractivity contribution in [1.29, 1.82) is 0 Å². The van der Waals surface area contributed by atoms with Gasteiger partial charge in [-0.25, -0.2) is 8.42 Å². The minimum absolute atomic E-state index is 0.398. The monoisotopic (exact) mass is 310 g/mol. The Morgan fingerprint density at radius 3 is 2.43 bits per heavy atom. The lowest BCUT2D eigenvalue weighted by molar-refractivity contribution is 0.226. The first-order valence-corrected chi connectivity index (χ1v) is 9.24. The van der Waals surface area contributed by atoms with Crippen LogP contribution in [0.2, 0.25) is 0 Å². The van der Waals surface area contributed by atoms with Gasteiger partial charge >= 0.3 is 0 Å². The number of para-hydroxylation sites is 1. The third-order valence-electron chi connectivity index (χ3n) is 4.31. The van der Waals surface area contributed by atoms with E-state index in [1.54, 1.807) is 16.4 Å². The maximum absolute atomic E-state index is 12.8. The zero-order valence-corrected chi connectivity index (χ0v) is 14.0. The average molecular weight is 310 g/mol. The summed E-state index contributed by atoms with van der Waals surface area (Å²) in [5.74, 6) is 1.27. The summed E-state index contributed by atoms with van der Waals surface area (Å²) < 4.78 is 27.3. The Morgan fingerprint density at radius 2 is 1.86 bits per heavy atom. The normalized spacial score (nSPS) is 18.1. The van der Waals surface area contributed by atoms with E-state index in [1.165, 1.54) is 0 Å². The van der Waals surface area contributed by atoms with E-state index in [2.05, 4.69) is 19.2 Å². The molecule has 1 aliphatic rings. The van der Waals surface area contributed by atoms with E-state index in [-0.39, 0.29) is 0 Å². The maximum atomic E-state index is 12.8. The van der Waals surface area contributed by atoms with Gasteiger partial charge in [-0.15, -0.1) is 0 Å². The highest BCUT2D eigenvalue weighted by atomic mass is 32.2. The van der Waals surface area contributed by atoms with Crippen LogP contribution in [0.15, 0.2) is 29.2 Å². The van der Waals surface area contributed by atoms with Gasteiger partial charge in [0.05, 0.1) is 5.69 Å². The van der Waals surface area contributed by atoms with Crippen molar-refractivity contribution in [2.45, 2.75) is 38.5 Å². The van der Waals surface area contributed by atoms with Crippen LogP contribution in [0.1, 0.15) is 33.6 Å². The van der Waals surface area contributed by atoms with Crippen LogP contribution in [0, 0.1) is 11.8 Å². The fourth-order valence-corrected chi connectivity index (χ4v) is 4.59. The molecule has 1 aliphatic heterocycles. The molecule has 0 saturated carbocycles. The zero-order chi connectivity index (χ0) is 15.5.